The van der Waals surface area contributed by atoms with Crippen molar-refractivity contribution in [2.24, 2.45) is 5.16 Å². The van der Waals surface area contributed by atoms with Gasteiger partial charge in [0, 0.05) is 5.56 Å². The molecule has 1 aliphatic heterocycles. The van der Waals surface area contributed by atoms with Crippen LogP contribution in [0.25, 0.3) is 0 Å². The summed E-state index contributed by atoms with van der Waals surface area (Å²) in [6.07, 6.45) is 0. The molecule has 2 aromatic rings. The maximum atomic E-state index is 5.36. The fraction of sp³-hybridized carbons (Fsp3) is 0.133. The molecule has 0 atom stereocenters. The van der Waals surface area contributed by atoms with Gasteiger partial charge in [-0.15, -0.1) is 0 Å². The summed E-state index contributed by atoms with van der Waals surface area (Å²) in [7, 11) is 0. The highest BCUT2D eigenvalue weighted by Gasteiger charge is 2.14. The van der Waals surface area contributed by atoms with Crippen LogP contribution >= 0.6 is 0 Å². The highest BCUT2D eigenvalue weighted by Crippen LogP contribution is 2.32. The number of benzene rings is 2. The first kappa shape index (κ1) is 11.6. The van der Waals surface area contributed by atoms with Gasteiger partial charge in [0.2, 0.25) is 6.79 Å². The largest absolute Gasteiger partial charge is 0.454 e. The molecule has 4 nitrogen and oxygen atoms in total. The fourth-order valence-electron chi connectivity index (χ4n) is 1.78. The van der Waals surface area contributed by atoms with Gasteiger partial charge >= 0.3 is 0 Å². The summed E-state index contributed by atoms with van der Waals surface area (Å²) < 4.78 is 10.6. The van der Waals surface area contributed by atoms with Crippen molar-refractivity contribution in [3.63, 3.8) is 0 Å². The number of oxime groups is 1. The van der Waals surface area contributed by atoms with Crippen LogP contribution < -0.4 is 14.3 Å². The number of rotatable bonds is 3. The van der Waals surface area contributed by atoms with Crippen LogP contribution in [0.5, 0.6) is 17.2 Å². The molecule has 19 heavy (non-hydrogen) atoms. The zero-order valence-electron chi connectivity index (χ0n) is 10.5. The Labute approximate surface area is 111 Å². The summed E-state index contributed by atoms with van der Waals surface area (Å²) in [5.41, 5.74) is 1.72. The van der Waals surface area contributed by atoms with E-state index in [2.05, 4.69) is 5.16 Å². The number of para-hydroxylation sites is 1. The van der Waals surface area contributed by atoms with Crippen molar-refractivity contribution in [1.29, 1.82) is 0 Å². The smallest absolute Gasteiger partial charge is 0.231 e. The minimum atomic E-state index is 0.273. The minimum Gasteiger partial charge on any atom is -0.454 e. The molecule has 1 aliphatic rings. The van der Waals surface area contributed by atoms with Crippen molar-refractivity contribution in [1.82, 2.24) is 0 Å². The quantitative estimate of drug-likeness (QED) is 0.624. The monoisotopic (exact) mass is 255 g/mol. The van der Waals surface area contributed by atoms with E-state index in [4.69, 9.17) is 14.3 Å². The molecule has 0 N–H and O–H groups in total. The van der Waals surface area contributed by atoms with Crippen LogP contribution in [0.2, 0.25) is 0 Å². The normalized spacial score (nSPS) is 13.4. The molecule has 0 saturated heterocycles. The summed E-state index contributed by atoms with van der Waals surface area (Å²) in [6.45, 7) is 2.16. The van der Waals surface area contributed by atoms with Gasteiger partial charge in [0.05, 0.1) is 5.71 Å². The SMILES string of the molecule is C/C(=N\Oc1ccccc1)c1ccc2c(c1)OCO2. The molecule has 0 bridgehead atoms. The van der Waals surface area contributed by atoms with Gasteiger partial charge in [-0.25, -0.2) is 0 Å². The van der Waals surface area contributed by atoms with E-state index in [1.807, 2.05) is 55.5 Å². The molecular weight excluding hydrogens is 242 g/mol. The molecule has 0 radical (unpaired) electrons. The summed E-state index contributed by atoms with van der Waals surface area (Å²) >= 11 is 0. The second-order valence-electron chi connectivity index (χ2n) is 4.15. The van der Waals surface area contributed by atoms with E-state index in [-0.39, 0.29) is 6.79 Å². The lowest BCUT2D eigenvalue weighted by atomic mass is 10.1. The Morgan fingerprint density at radius 3 is 2.68 bits per heavy atom. The first-order chi connectivity index (χ1) is 9.33. The van der Waals surface area contributed by atoms with Crippen LogP contribution in [0.1, 0.15) is 12.5 Å². The molecule has 0 aromatic heterocycles. The van der Waals surface area contributed by atoms with Crippen LogP contribution in [-0.2, 0) is 0 Å². The van der Waals surface area contributed by atoms with Crippen molar-refractivity contribution in [2.75, 3.05) is 6.79 Å². The zero-order chi connectivity index (χ0) is 13.1. The minimum absolute atomic E-state index is 0.273. The lowest BCUT2D eigenvalue weighted by molar-refractivity contribution is 0.174. The summed E-state index contributed by atoms with van der Waals surface area (Å²) in [5.74, 6) is 2.22. The van der Waals surface area contributed by atoms with E-state index in [1.54, 1.807) is 0 Å². The van der Waals surface area contributed by atoms with Gasteiger partial charge in [0.25, 0.3) is 0 Å². The standard InChI is InChI=1S/C15H13NO3/c1-11(16-19-13-5-3-2-4-6-13)12-7-8-14-15(9-12)18-10-17-14/h2-9H,10H2,1H3/b16-11+. The van der Waals surface area contributed by atoms with Crippen LogP contribution in [0.3, 0.4) is 0 Å². The Bertz CT molecular complexity index is 608. The van der Waals surface area contributed by atoms with Gasteiger partial charge in [0.15, 0.2) is 17.2 Å². The number of hydrogen-bond donors (Lipinski definition) is 0. The maximum Gasteiger partial charge on any atom is 0.231 e. The highest BCUT2D eigenvalue weighted by molar-refractivity contribution is 5.99. The number of fused-ring (bicyclic) bond motifs is 1. The van der Waals surface area contributed by atoms with E-state index in [0.717, 1.165) is 22.8 Å². The first-order valence-electron chi connectivity index (χ1n) is 5.99. The lowest BCUT2D eigenvalue weighted by Gasteiger charge is -2.03. The number of ether oxygens (including phenoxy) is 2. The van der Waals surface area contributed by atoms with Crippen molar-refractivity contribution in [3.8, 4) is 17.2 Å². The van der Waals surface area contributed by atoms with Gasteiger partial charge in [0.1, 0.15) is 0 Å². The van der Waals surface area contributed by atoms with E-state index in [9.17, 15) is 0 Å². The van der Waals surface area contributed by atoms with Gasteiger partial charge in [-0.05, 0) is 37.3 Å². The van der Waals surface area contributed by atoms with E-state index in [1.165, 1.54) is 0 Å². The molecule has 3 rings (SSSR count). The van der Waals surface area contributed by atoms with Gasteiger partial charge < -0.3 is 14.3 Å². The Hall–Kier alpha value is -2.49. The van der Waals surface area contributed by atoms with E-state index in [0.29, 0.717) is 5.75 Å². The Balaban J connectivity index is 1.78. The summed E-state index contributed by atoms with van der Waals surface area (Å²) in [5, 5.41) is 4.11. The number of hydrogen-bond acceptors (Lipinski definition) is 4. The third-order valence-electron chi connectivity index (χ3n) is 2.82. The van der Waals surface area contributed by atoms with Crippen LogP contribution in [-0.4, -0.2) is 12.5 Å². The summed E-state index contributed by atoms with van der Waals surface area (Å²) in [4.78, 5) is 5.36. The first-order valence-corrected chi connectivity index (χ1v) is 5.99. The topological polar surface area (TPSA) is 40.0 Å². The van der Waals surface area contributed by atoms with Crippen molar-refractivity contribution < 1.29 is 14.3 Å². The van der Waals surface area contributed by atoms with Crippen LogP contribution in [0.4, 0.5) is 0 Å². The molecule has 0 amide bonds. The second kappa shape index (κ2) is 5.02. The predicted molar refractivity (Wildman–Crippen MR) is 71.8 cm³/mol. The van der Waals surface area contributed by atoms with Crippen LogP contribution in [0, 0.1) is 0 Å². The Morgan fingerprint density at radius 1 is 1.05 bits per heavy atom. The van der Waals surface area contributed by atoms with E-state index >= 15 is 0 Å². The van der Waals surface area contributed by atoms with E-state index < -0.39 is 0 Å². The highest BCUT2D eigenvalue weighted by atomic mass is 16.7. The molecular formula is C15H13NO3. The molecule has 96 valence electrons. The second-order valence-corrected chi connectivity index (χ2v) is 4.15. The van der Waals surface area contributed by atoms with Crippen LogP contribution in [0.15, 0.2) is 53.7 Å². The van der Waals surface area contributed by atoms with Crippen molar-refractivity contribution >= 4 is 5.71 Å². The zero-order valence-corrected chi connectivity index (χ0v) is 10.5. The van der Waals surface area contributed by atoms with Gasteiger partial charge in [-0.3, -0.25) is 0 Å². The number of nitrogens with zero attached hydrogens (tertiary/aromatic N) is 1. The molecule has 0 spiro atoms. The molecule has 1 heterocycles. The van der Waals surface area contributed by atoms with Gasteiger partial charge in [-0.2, -0.15) is 0 Å². The Morgan fingerprint density at radius 2 is 1.84 bits per heavy atom. The third kappa shape index (κ3) is 2.52. The molecule has 4 heteroatoms. The molecule has 0 aliphatic carbocycles. The van der Waals surface area contributed by atoms with Crippen molar-refractivity contribution in [3.05, 3.63) is 54.1 Å². The molecule has 0 saturated carbocycles. The fourth-order valence-corrected chi connectivity index (χ4v) is 1.78. The predicted octanol–water partition coefficient (Wildman–Crippen LogP) is 3.22. The maximum absolute atomic E-state index is 5.36. The average Bonchev–Trinajstić information content (AvgIpc) is 2.93. The summed E-state index contributed by atoms with van der Waals surface area (Å²) in [6, 6.07) is 15.2. The third-order valence-corrected chi connectivity index (χ3v) is 2.82. The molecule has 2 aromatic carbocycles. The van der Waals surface area contributed by atoms with Gasteiger partial charge in [-0.1, -0.05) is 23.4 Å². The molecule has 0 unspecified atom stereocenters. The van der Waals surface area contributed by atoms with Crippen molar-refractivity contribution in [2.45, 2.75) is 6.92 Å². The molecule has 0 fully saturated rings. The Kier molecular flexibility index (Phi) is 3.06. The average molecular weight is 255 g/mol. The lowest BCUT2D eigenvalue weighted by Crippen LogP contribution is -1.97.